The Balaban J connectivity index is 1.42. The fourth-order valence-corrected chi connectivity index (χ4v) is 4.78. The van der Waals surface area contributed by atoms with E-state index in [9.17, 15) is 0 Å². The predicted octanol–water partition coefficient (Wildman–Crippen LogP) is 9.18. The summed E-state index contributed by atoms with van der Waals surface area (Å²) in [5.74, 6) is 0.763. The topological polar surface area (TPSA) is 12.0 Å². The van der Waals surface area contributed by atoms with Crippen molar-refractivity contribution in [1.29, 1.82) is 0 Å². The molecule has 1 heteroatoms. The molecule has 0 spiro atoms. The van der Waals surface area contributed by atoms with Crippen LogP contribution >= 0.6 is 0 Å². The zero-order chi connectivity index (χ0) is 23.2. The molecular weight excluding hydrogens is 410 g/mol. The molecule has 1 aliphatic rings. The summed E-state index contributed by atoms with van der Waals surface area (Å²) in [5, 5.41) is 6.05. The van der Waals surface area contributed by atoms with Gasteiger partial charge in [0.1, 0.15) is 0 Å². The molecule has 0 heterocycles. The highest BCUT2D eigenvalue weighted by molar-refractivity contribution is 5.83. The molecule has 1 aliphatic carbocycles. The van der Waals surface area contributed by atoms with Gasteiger partial charge in [0.05, 0.1) is 0 Å². The highest BCUT2D eigenvalue weighted by Crippen LogP contribution is 2.32. The second-order valence-electron chi connectivity index (χ2n) is 9.11. The molecule has 2 unspecified atom stereocenters. The first-order valence-electron chi connectivity index (χ1n) is 12.2. The Morgan fingerprint density at radius 2 is 1.50 bits per heavy atom. The predicted molar refractivity (Wildman–Crippen MR) is 147 cm³/mol. The van der Waals surface area contributed by atoms with E-state index < -0.39 is 0 Å². The minimum Gasteiger partial charge on any atom is -0.356 e. The fourth-order valence-electron chi connectivity index (χ4n) is 4.78. The Hall–Kier alpha value is -3.84. The van der Waals surface area contributed by atoms with Crippen molar-refractivity contribution in [1.82, 2.24) is 0 Å². The summed E-state index contributed by atoms with van der Waals surface area (Å²) in [7, 11) is 0. The number of nitrogens with one attached hydrogen (secondary N) is 1. The van der Waals surface area contributed by atoms with Crippen molar-refractivity contribution in [3.8, 4) is 0 Å². The summed E-state index contributed by atoms with van der Waals surface area (Å²) in [6.07, 6.45) is 12.6. The maximum absolute atomic E-state index is 4.26. The van der Waals surface area contributed by atoms with E-state index in [0.717, 1.165) is 24.2 Å². The van der Waals surface area contributed by atoms with E-state index in [1.807, 2.05) is 18.2 Å². The minimum atomic E-state index is 0.211. The molecular formula is C33H31N. The number of allylic oxidation sites excluding steroid dienone is 5. The van der Waals surface area contributed by atoms with Crippen LogP contribution in [0, 0.1) is 5.92 Å². The Bertz CT molecular complexity index is 1310. The van der Waals surface area contributed by atoms with Gasteiger partial charge in [0.15, 0.2) is 0 Å². The number of anilines is 2. The number of benzene rings is 4. The van der Waals surface area contributed by atoms with E-state index in [1.165, 1.54) is 33.9 Å². The standard InChI is InChI=1S/C33H31N/c1-25-10-5-6-11-26(25)14-9-17-33(30-19-18-27-12-7-8-13-29(27)24-30)28-20-22-32(23-21-28)34-31-15-3-2-4-16-31/h2-5,7-10,12-13,15-24,26,33-34H,1,6,11,14H2. The van der Waals surface area contributed by atoms with Gasteiger partial charge in [-0.05, 0) is 71.3 Å². The number of fused-ring (bicyclic) bond motifs is 1. The average Bonchev–Trinajstić information content (AvgIpc) is 2.89. The number of hydrogen-bond acceptors (Lipinski definition) is 1. The normalized spacial score (nSPS) is 16.7. The molecule has 0 aromatic heterocycles. The van der Waals surface area contributed by atoms with Crippen LogP contribution in [0.15, 0.2) is 134 Å². The maximum Gasteiger partial charge on any atom is 0.0384 e. The zero-order valence-electron chi connectivity index (χ0n) is 19.5. The molecule has 0 bridgehead atoms. The molecule has 0 saturated heterocycles. The molecule has 34 heavy (non-hydrogen) atoms. The monoisotopic (exact) mass is 441 g/mol. The highest BCUT2D eigenvalue weighted by atomic mass is 14.9. The smallest absolute Gasteiger partial charge is 0.0384 e. The summed E-state index contributed by atoms with van der Waals surface area (Å²) >= 11 is 0. The van der Waals surface area contributed by atoms with Crippen molar-refractivity contribution in [2.24, 2.45) is 5.92 Å². The van der Waals surface area contributed by atoms with E-state index in [2.05, 4.69) is 115 Å². The molecule has 4 aromatic rings. The summed E-state index contributed by atoms with van der Waals surface area (Å²) < 4.78 is 0. The lowest BCUT2D eigenvalue weighted by atomic mass is 9.85. The summed E-state index contributed by atoms with van der Waals surface area (Å²) in [5.41, 5.74) is 6.08. The van der Waals surface area contributed by atoms with Crippen LogP contribution in [0.4, 0.5) is 11.4 Å². The number of hydrogen-bond donors (Lipinski definition) is 1. The molecule has 0 aliphatic heterocycles. The van der Waals surface area contributed by atoms with Crippen molar-refractivity contribution in [2.45, 2.75) is 25.2 Å². The van der Waals surface area contributed by atoms with Crippen molar-refractivity contribution in [3.05, 3.63) is 145 Å². The number of rotatable bonds is 7. The van der Waals surface area contributed by atoms with Crippen LogP contribution in [-0.4, -0.2) is 0 Å². The van der Waals surface area contributed by atoms with Gasteiger partial charge in [-0.2, -0.15) is 0 Å². The third-order valence-electron chi connectivity index (χ3n) is 6.75. The van der Waals surface area contributed by atoms with Gasteiger partial charge in [-0.1, -0.05) is 109 Å². The molecule has 4 aromatic carbocycles. The second-order valence-corrected chi connectivity index (χ2v) is 9.11. The Kier molecular flexibility index (Phi) is 6.72. The quantitative estimate of drug-likeness (QED) is 0.282. The number of para-hydroxylation sites is 1. The first-order valence-corrected chi connectivity index (χ1v) is 12.2. The Labute approximate surface area is 203 Å². The molecule has 0 amide bonds. The van der Waals surface area contributed by atoms with Gasteiger partial charge in [0, 0.05) is 17.3 Å². The summed E-state index contributed by atoms with van der Waals surface area (Å²) in [6, 6.07) is 34.6. The molecule has 2 atom stereocenters. The van der Waals surface area contributed by atoms with Crippen LogP contribution < -0.4 is 5.32 Å². The van der Waals surface area contributed by atoms with Crippen LogP contribution in [0.5, 0.6) is 0 Å². The lowest BCUT2D eigenvalue weighted by molar-refractivity contribution is 0.571. The zero-order valence-corrected chi connectivity index (χ0v) is 19.5. The van der Waals surface area contributed by atoms with Gasteiger partial charge in [-0.15, -0.1) is 0 Å². The van der Waals surface area contributed by atoms with E-state index in [0.29, 0.717) is 5.92 Å². The molecule has 1 nitrogen and oxygen atoms in total. The van der Waals surface area contributed by atoms with Gasteiger partial charge in [-0.3, -0.25) is 0 Å². The van der Waals surface area contributed by atoms with Gasteiger partial charge < -0.3 is 5.32 Å². The lowest BCUT2D eigenvalue weighted by Gasteiger charge is -2.20. The van der Waals surface area contributed by atoms with Crippen LogP contribution in [0.1, 0.15) is 36.3 Å². The first kappa shape index (κ1) is 22.0. The van der Waals surface area contributed by atoms with E-state index >= 15 is 0 Å². The van der Waals surface area contributed by atoms with Crippen molar-refractivity contribution >= 4 is 22.1 Å². The maximum atomic E-state index is 4.26. The fraction of sp³-hybridized carbons (Fsp3) is 0.152. The van der Waals surface area contributed by atoms with Crippen molar-refractivity contribution < 1.29 is 0 Å². The van der Waals surface area contributed by atoms with Crippen molar-refractivity contribution in [3.63, 3.8) is 0 Å². The summed E-state index contributed by atoms with van der Waals surface area (Å²) in [6.45, 7) is 4.26. The van der Waals surface area contributed by atoms with Crippen LogP contribution in [0.25, 0.3) is 10.8 Å². The largest absolute Gasteiger partial charge is 0.356 e. The average molecular weight is 442 g/mol. The molecule has 0 saturated carbocycles. The minimum absolute atomic E-state index is 0.211. The Morgan fingerprint density at radius 1 is 0.794 bits per heavy atom. The van der Waals surface area contributed by atoms with Crippen LogP contribution in [0.2, 0.25) is 0 Å². The van der Waals surface area contributed by atoms with Gasteiger partial charge in [0.25, 0.3) is 0 Å². The lowest BCUT2D eigenvalue weighted by Crippen LogP contribution is -2.04. The molecule has 0 radical (unpaired) electrons. The van der Waals surface area contributed by atoms with Gasteiger partial charge in [0.2, 0.25) is 0 Å². The van der Waals surface area contributed by atoms with Crippen molar-refractivity contribution in [2.75, 3.05) is 5.32 Å². The van der Waals surface area contributed by atoms with Crippen LogP contribution in [-0.2, 0) is 0 Å². The second kappa shape index (κ2) is 10.4. The molecule has 1 N–H and O–H groups in total. The summed E-state index contributed by atoms with van der Waals surface area (Å²) in [4.78, 5) is 0. The highest BCUT2D eigenvalue weighted by Gasteiger charge is 2.15. The Morgan fingerprint density at radius 3 is 2.29 bits per heavy atom. The van der Waals surface area contributed by atoms with Gasteiger partial charge >= 0.3 is 0 Å². The molecule has 0 fully saturated rings. The molecule has 168 valence electrons. The SMILES string of the molecule is C=C1C=CCCC1CC=CC(c1ccc(Nc2ccccc2)cc1)c1ccc2ccccc2c1. The van der Waals surface area contributed by atoms with E-state index in [1.54, 1.807) is 0 Å². The van der Waals surface area contributed by atoms with E-state index in [4.69, 9.17) is 0 Å². The van der Waals surface area contributed by atoms with E-state index in [-0.39, 0.29) is 5.92 Å². The third kappa shape index (κ3) is 5.21. The van der Waals surface area contributed by atoms with Crippen LogP contribution in [0.3, 0.4) is 0 Å². The third-order valence-corrected chi connectivity index (χ3v) is 6.75. The first-order chi connectivity index (χ1) is 16.8. The molecule has 5 rings (SSSR count). The van der Waals surface area contributed by atoms with Gasteiger partial charge in [-0.25, -0.2) is 0 Å².